The Hall–Kier alpha value is -2.74. The third-order valence-electron chi connectivity index (χ3n) is 5.77. The molecule has 3 aromatic rings. The van der Waals surface area contributed by atoms with Crippen LogP contribution in [0.5, 0.6) is 0 Å². The predicted molar refractivity (Wildman–Crippen MR) is 122 cm³/mol. The van der Waals surface area contributed by atoms with Crippen molar-refractivity contribution in [2.75, 3.05) is 32.8 Å². The molecule has 1 saturated heterocycles. The van der Waals surface area contributed by atoms with Crippen LogP contribution >= 0.6 is 11.6 Å². The number of amides is 1. The number of hydrogen-bond acceptors (Lipinski definition) is 4. The lowest BCUT2D eigenvalue weighted by molar-refractivity contribution is 0.0162. The molecule has 168 valence electrons. The van der Waals surface area contributed by atoms with Gasteiger partial charge >= 0.3 is 0 Å². The van der Waals surface area contributed by atoms with Crippen molar-refractivity contribution in [2.45, 2.75) is 19.9 Å². The highest BCUT2D eigenvalue weighted by Crippen LogP contribution is 2.23. The summed E-state index contributed by atoms with van der Waals surface area (Å²) in [6, 6.07) is 13.6. The summed E-state index contributed by atoms with van der Waals surface area (Å²) in [6.07, 6.45) is 0. The molecule has 4 rings (SSSR count). The Kier molecular flexibility index (Phi) is 6.89. The second-order valence-electron chi connectivity index (χ2n) is 7.87. The zero-order valence-corrected chi connectivity index (χ0v) is 18.9. The van der Waals surface area contributed by atoms with Crippen molar-refractivity contribution in [3.8, 4) is 5.69 Å². The van der Waals surface area contributed by atoms with Crippen LogP contribution in [0.3, 0.4) is 0 Å². The van der Waals surface area contributed by atoms with Crippen LogP contribution in [0.15, 0.2) is 48.5 Å². The Morgan fingerprint density at radius 3 is 2.38 bits per heavy atom. The lowest BCUT2D eigenvalue weighted by Crippen LogP contribution is -2.43. The number of aryl methyl sites for hydroxylation is 1. The summed E-state index contributed by atoms with van der Waals surface area (Å²) >= 11 is 6.24. The summed E-state index contributed by atoms with van der Waals surface area (Å²) in [7, 11) is 0. The Balaban J connectivity index is 1.46. The summed E-state index contributed by atoms with van der Waals surface area (Å²) < 4.78 is 20.6. The van der Waals surface area contributed by atoms with Gasteiger partial charge in [0.05, 0.1) is 41.4 Å². The van der Waals surface area contributed by atoms with E-state index in [9.17, 15) is 9.18 Å². The van der Waals surface area contributed by atoms with Gasteiger partial charge in [0.1, 0.15) is 5.82 Å². The minimum Gasteiger partial charge on any atom is -0.379 e. The standard InChI is InChI=1S/C24H26ClFN4O2/c1-16-23(25)17(2)30(28-16)21-9-5-19(6-10-21)24(31)27-15-22(29-11-13-32-14-12-29)18-3-7-20(26)8-4-18/h3-10,22H,11-15H2,1-2H3,(H,27,31)/t22-/m0/s1. The molecule has 0 saturated carbocycles. The van der Waals surface area contributed by atoms with Crippen molar-refractivity contribution >= 4 is 17.5 Å². The van der Waals surface area contributed by atoms with E-state index in [-0.39, 0.29) is 17.8 Å². The second kappa shape index (κ2) is 9.81. The van der Waals surface area contributed by atoms with Crippen LogP contribution < -0.4 is 5.32 Å². The average Bonchev–Trinajstić information content (AvgIpc) is 3.08. The SMILES string of the molecule is Cc1nn(-c2ccc(C(=O)NC[C@@H](c3ccc(F)cc3)N3CCOCC3)cc2)c(C)c1Cl. The number of carbonyl (C=O) groups excluding carboxylic acids is 1. The number of nitrogens with one attached hydrogen (secondary N) is 1. The van der Waals surface area contributed by atoms with Crippen LogP contribution in [-0.4, -0.2) is 53.4 Å². The zero-order chi connectivity index (χ0) is 22.7. The molecule has 32 heavy (non-hydrogen) atoms. The first-order chi connectivity index (χ1) is 15.4. The number of nitrogens with zero attached hydrogens (tertiary/aromatic N) is 3. The van der Waals surface area contributed by atoms with Gasteiger partial charge in [0.2, 0.25) is 0 Å². The van der Waals surface area contributed by atoms with Crippen molar-refractivity contribution in [1.82, 2.24) is 20.0 Å². The quantitative estimate of drug-likeness (QED) is 0.607. The Morgan fingerprint density at radius 2 is 1.78 bits per heavy atom. The third kappa shape index (κ3) is 4.85. The highest BCUT2D eigenvalue weighted by molar-refractivity contribution is 6.31. The number of halogens is 2. The molecule has 2 aromatic carbocycles. The number of ether oxygens (including phenoxy) is 1. The Bertz CT molecular complexity index is 1080. The van der Waals surface area contributed by atoms with Gasteiger partial charge in [-0.15, -0.1) is 0 Å². The van der Waals surface area contributed by atoms with Crippen LogP contribution in [0.1, 0.15) is 33.4 Å². The van der Waals surface area contributed by atoms with Gasteiger partial charge in [-0.2, -0.15) is 5.10 Å². The van der Waals surface area contributed by atoms with E-state index in [1.165, 1.54) is 12.1 Å². The van der Waals surface area contributed by atoms with Gasteiger partial charge in [0.15, 0.2) is 0 Å². The molecule has 0 bridgehead atoms. The van der Waals surface area contributed by atoms with E-state index < -0.39 is 0 Å². The van der Waals surface area contributed by atoms with E-state index in [1.807, 2.05) is 26.0 Å². The molecule has 1 atom stereocenters. The Labute approximate surface area is 191 Å². The molecule has 0 radical (unpaired) electrons. The normalized spacial score (nSPS) is 15.5. The van der Waals surface area contributed by atoms with Crippen molar-refractivity contribution < 1.29 is 13.9 Å². The first-order valence-corrected chi connectivity index (χ1v) is 11.0. The van der Waals surface area contributed by atoms with Crippen LogP contribution in [-0.2, 0) is 4.74 Å². The Morgan fingerprint density at radius 1 is 1.12 bits per heavy atom. The average molecular weight is 457 g/mol. The minimum atomic E-state index is -0.275. The van der Waals surface area contributed by atoms with E-state index >= 15 is 0 Å². The molecular formula is C24H26ClFN4O2. The number of aromatic nitrogens is 2. The van der Waals surface area contributed by atoms with Crippen molar-refractivity contribution in [1.29, 1.82) is 0 Å². The van der Waals surface area contributed by atoms with E-state index in [0.717, 1.165) is 35.7 Å². The summed E-state index contributed by atoms with van der Waals surface area (Å²) in [5.41, 5.74) is 3.98. The van der Waals surface area contributed by atoms with Crippen molar-refractivity contribution in [3.05, 3.63) is 81.9 Å². The number of rotatable bonds is 6. The van der Waals surface area contributed by atoms with E-state index in [0.29, 0.717) is 30.3 Å². The highest BCUT2D eigenvalue weighted by atomic mass is 35.5. The fraction of sp³-hybridized carbons (Fsp3) is 0.333. The minimum absolute atomic E-state index is 0.0560. The summed E-state index contributed by atoms with van der Waals surface area (Å²) in [6.45, 7) is 6.99. The van der Waals surface area contributed by atoms with Crippen molar-refractivity contribution in [2.24, 2.45) is 0 Å². The molecule has 1 aliphatic heterocycles. The molecule has 1 amide bonds. The van der Waals surface area contributed by atoms with E-state index in [4.69, 9.17) is 16.3 Å². The molecule has 0 unspecified atom stereocenters. The highest BCUT2D eigenvalue weighted by Gasteiger charge is 2.23. The molecule has 0 spiro atoms. The maximum atomic E-state index is 13.4. The lowest BCUT2D eigenvalue weighted by Gasteiger charge is -2.35. The van der Waals surface area contributed by atoms with Gasteiger partial charge in [-0.05, 0) is 55.8 Å². The second-order valence-corrected chi connectivity index (χ2v) is 8.25. The smallest absolute Gasteiger partial charge is 0.251 e. The lowest BCUT2D eigenvalue weighted by atomic mass is 10.0. The van der Waals surface area contributed by atoms with Gasteiger partial charge in [-0.25, -0.2) is 9.07 Å². The summed E-state index contributed by atoms with van der Waals surface area (Å²) in [5, 5.41) is 8.12. The van der Waals surface area contributed by atoms with Gasteiger partial charge < -0.3 is 10.1 Å². The van der Waals surface area contributed by atoms with Gasteiger partial charge in [0, 0.05) is 25.2 Å². The van der Waals surface area contributed by atoms with Crippen molar-refractivity contribution in [3.63, 3.8) is 0 Å². The largest absolute Gasteiger partial charge is 0.379 e. The van der Waals surface area contributed by atoms with Gasteiger partial charge in [-0.3, -0.25) is 9.69 Å². The van der Waals surface area contributed by atoms with E-state index in [1.54, 1.807) is 28.9 Å². The van der Waals surface area contributed by atoms with E-state index in [2.05, 4.69) is 15.3 Å². The van der Waals surface area contributed by atoms with Crippen LogP contribution in [0.4, 0.5) is 4.39 Å². The predicted octanol–water partition coefficient (Wildman–Crippen LogP) is 4.08. The molecule has 1 fully saturated rings. The summed E-state index contributed by atoms with van der Waals surface area (Å²) in [4.78, 5) is 15.1. The molecule has 2 heterocycles. The van der Waals surface area contributed by atoms with Crippen LogP contribution in [0.25, 0.3) is 5.69 Å². The molecule has 1 N–H and O–H groups in total. The molecule has 1 aromatic heterocycles. The number of hydrogen-bond donors (Lipinski definition) is 1. The number of benzene rings is 2. The molecule has 6 nitrogen and oxygen atoms in total. The molecule has 8 heteroatoms. The third-order valence-corrected chi connectivity index (χ3v) is 6.32. The van der Waals surface area contributed by atoms with Crippen LogP contribution in [0, 0.1) is 19.7 Å². The number of morpholine rings is 1. The van der Waals surface area contributed by atoms with Gasteiger partial charge in [0.25, 0.3) is 5.91 Å². The maximum Gasteiger partial charge on any atom is 0.251 e. The topological polar surface area (TPSA) is 59.4 Å². The maximum absolute atomic E-state index is 13.4. The molecule has 1 aliphatic rings. The first kappa shape index (κ1) is 22.5. The fourth-order valence-corrected chi connectivity index (χ4v) is 4.07. The van der Waals surface area contributed by atoms with Crippen LogP contribution in [0.2, 0.25) is 5.02 Å². The monoisotopic (exact) mass is 456 g/mol. The summed E-state index contributed by atoms with van der Waals surface area (Å²) in [5.74, 6) is -0.439. The molecular weight excluding hydrogens is 431 g/mol. The molecule has 0 aliphatic carbocycles. The first-order valence-electron chi connectivity index (χ1n) is 10.6. The fourth-order valence-electron chi connectivity index (χ4n) is 3.95. The van der Waals surface area contributed by atoms with Gasteiger partial charge in [-0.1, -0.05) is 23.7 Å². The number of carbonyl (C=O) groups is 1. The zero-order valence-electron chi connectivity index (χ0n) is 18.1.